The fourth-order valence-corrected chi connectivity index (χ4v) is 3.30. The quantitative estimate of drug-likeness (QED) is 0.645. The molecule has 0 aliphatic heterocycles. The molecule has 1 fully saturated rings. The molecule has 0 unspecified atom stereocenters. The number of nitrogens with zero attached hydrogens (tertiary/aromatic N) is 3. The molecule has 0 saturated heterocycles. The normalized spacial score (nSPS) is 17.1. The summed E-state index contributed by atoms with van der Waals surface area (Å²) in [5.41, 5.74) is 1.16. The summed E-state index contributed by atoms with van der Waals surface area (Å²) in [7, 11) is 4.21. The van der Waals surface area contributed by atoms with Crippen LogP contribution < -0.4 is 5.32 Å². The minimum Gasteiger partial charge on any atom is -0.369 e. The molecule has 0 bridgehead atoms. The number of anilines is 1. The molecule has 2 rings (SSSR count). The van der Waals surface area contributed by atoms with E-state index in [4.69, 9.17) is 0 Å². The van der Waals surface area contributed by atoms with Gasteiger partial charge >= 0.3 is 0 Å². The van der Waals surface area contributed by atoms with Gasteiger partial charge in [0.05, 0.1) is 4.92 Å². The molecule has 21 heavy (non-hydrogen) atoms. The van der Waals surface area contributed by atoms with Gasteiger partial charge in [0, 0.05) is 24.6 Å². The third-order valence-electron chi connectivity index (χ3n) is 4.22. The van der Waals surface area contributed by atoms with Crippen molar-refractivity contribution in [2.24, 2.45) is 5.41 Å². The zero-order valence-electron chi connectivity index (χ0n) is 13.1. The SMILES string of the molecule is Cc1cc([N+](=O)[O-])cnc1NCC1(CN(C)C)CCCC1. The van der Waals surface area contributed by atoms with Crippen LogP contribution in [-0.4, -0.2) is 42.0 Å². The highest BCUT2D eigenvalue weighted by atomic mass is 16.6. The van der Waals surface area contributed by atoms with Crippen molar-refractivity contribution in [1.82, 2.24) is 9.88 Å². The monoisotopic (exact) mass is 292 g/mol. The van der Waals surface area contributed by atoms with Crippen molar-refractivity contribution in [2.75, 3.05) is 32.5 Å². The second-order valence-electron chi connectivity index (χ2n) is 6.41. The van der Waals surface area contributed by atoms with Crippen molar-refractivity contribution >= 4 is 11.5 Å². The van der Waals surface area contributed by atoms with Gasteiger partial charge in [0.1, 0.15) is 12.0 Å². The molecule has 0 amide bonds. The van der Waals surface area contributed by atoms with Crippen molar-refractivity contribution < 1.29 is 4.92 Å². The van der Waals surface area contributed by atoms with Crippen molar-refractivity contribution in [2.45, 2.75) is 32.6 Å². The Bertz CT molecular complexity index is 510. The van der Waals surface area contributed by atoms with Crippen LogP contribution in [0.5, 0.6) is 0 Å². The summed E-state index contributed by atoms with van der Waals surface area (Å²) in [5.74, 6) is 0.755. The molecular weight excluding hydrogens is 268 g/mol. The smallest absolute Gasteiger partial charge is 0.287 e. The lowest BCUT2D eigenvalue weighted by molar-refractivity contribution is -0.385. The first kappa shape index (κ1) is 15.7. The molecule has 1 aliphatic carbocycles. The fourth-order valence-electron chi connectivity index (χ4n) is 3.30. The lowest BCUT2D eigenvalue weighted by atomic mass is 9.85. The molecule has 116 valence electrons. The number of hydrogen-bond donors (Lipinski definition) is 1. The first-order valence-corrected chi connectivity index (χ1v) is 7.42. The standard InChI is InChI=1S/C15H24N4O2/c1-12-8-13(19(20)21)9-16-14(12)17-10-15(11-18(2)3)6-4-5-7-15/h8-9H,4-7,10-11H2,1-3H3,(H,16,17). The molecule has 1 aromatic rings. The first-order chi connectivity index (χ1) is 9.92. The molecule has 1 saturated carbocycles. The third kappa shape index (κ3) is 3.91. The van der Waals surface area contributed by atoms with Crippen molar-refractivity contribution in [1.29, 1.82) is 0 Å². The van der Waals surface area contributed by atoms with E-state index >= 15 is 0 Å². The van der Waals surface area contributed by atoms with E-state index in [1.807, 2.05) is 6.92 Å². The highest BCUT2D eigenvalue weighted by molar-refractivity contribution is 5.48. The van der Waals surface area contributed by atoms with Gasteiger partial charge in [0.25, 0.3) is 5.69 Å². The maximum Gasteiger partial charge on any atom is 0.287 e. The van der Waals surface area contributed by atoms with Gasteiger partial charge in [-0.05, 0) is 39.4 Å². The fraction of sp³-hybridized carbons (Fsp3) is 0.667. The zero-order valence-corrected chi connectivity index (χ0v) is 13.1. The minimum atomic E-state index is -0.408. The molecule has 1 aromatic heterocycles. The van der Waals surface area contributed by atoms with Crippen LogP contribution in [0.25, 0.3) is 0 Å². The second kappa shape index (κ2) is 6.39. The predicted molar refractivity (Wildman–Crippen MR) is 83.6 cm³/mol. The maximum atomic E-state index is 10.7. The summed E-state index contributed by atoms with van der Waals surface area (Å²) in [6.45, 7) is 3.79. The Balaban J connectivity index is 2.06. The van der Waals surface area contributed by atoms with E-state index in [0.29, 0.717) is 5.41 Å². The summed E-state index contributed by atoms with van der Waals surface area (Å²) < 4.78 is 0. The molecule has 0 spiro atoms. The molecular formula is C15H24N4O2. The highest BCUT2D eigenvalue weighted by Gasteiger charge is 2.34. The number of nitro groups is 1. The molecule has 0 atom stereocenters. The van der Waals surface area contributed by atoms with Gasteiger partial charge < -0.3 is 10.2 Å². The predicted octanol–water partition coefficient (Wildman–Crippen LogP) is 2.83. The van der Waals surface area contributed by atoms with Crippen molar-refractivity contribution in [3.05, 3.63) is 27.9 Å². The number of hydrogen-bond acceptors (Lipinski definition) is 5. The Morgan fingerprint density at radius 3 is 2.62 bits per heavy atom. The maximum absolute atomic E-state index is 10.7. The van der Waals surface area contributed by atoms with Gasteiger partial charge in [-0.2, -0.15) is 0 Å². The molecule has 6 nitrogen and oxygen atoms in total. The number of nitrogens with one attached hydrogen (secondary N) is 1. The third-order valence-corrected chi connectivity index (χ3v) is 4.22. The highest BCUT2D eigenvalue weighted by Crippen LogP contribution is 2.38. The number of aromatic nitrogens is 1. The Hall–Kier alpha value is -1.69. The van der Waals surface area contributed by atoms with Gasteiger partial charge in [0.15, 0.2) is 0 Å². The summed E-state index contributed by atoms with van der Waals surface area (Å²) in [6.07, 6.45) is 6.33. The Kier molecular flexibility index (Phi) is 4.77. The molecule has 0 radical (unpaired) electrons. The zero-order chi connectivity index (χ0) is 15.5. The average Bonchev–Trinajstić information content (AvgIpc) is 2.85. The van der Waals surface area contributed by atoms with Crippen LogP contribution in [0.3, 0.4) is 0 Å². The summed E-state index contributed by atoms with van der Waals surface area (Å²) in [5, 5.41) is 14.2. The van der Waals surface area contributed by atoms with Crippen LogP contribution in [0, 0.1) is 22.5 Å². The van der Waals surface area contributed by atoms with Gasteiger partial charge in [0.2, 0.25) is 0 Å². The molecule has 6 heteroatoms. The van der Waals surface area contributed by atoms with Crippen molar-refractivity contribution in [3.8, 4) is 0 Å². The van der Waals surface area contributed by atoms with E-state index in [2.05, 4.69) is 29.3 Å². The van der Waals surface area contributed by atoms with E-state index in [9.17, 15) is 10.1 Å². The summed E-state index contributed by atoms with van der Waals surface area (Å²) in [6, 6.07) is 1.57. The summed E-state index contributed by atoms with van der Waals surface area (Å²) >= 11 is 0. The number of pyridine rings is 1. The Morgan fingerprint density at radius 1 is 1.43 bits per heavy atom. The Labute approximate surface area is 125 Å². The lowest BCUT2D eigenvalue weighted by Crippen LogP contribution is -2.37. The topological polar surface area (TPSA) is 71.3 Å². The van der Waals surface area contributed by atoms with Crippen LogP contribution in [0.1, 0.15) is 31.2 Å². The van der Waals surface area contributed by atoms with E-state index in [-0.39, 0.29) is 5.69 Å². The molecule has 1 aliphatic rings. The first-order valence-electron chi connectivity index (χ1n) is 7.42. The van der Waals surface area contributed by atoms with E-state index < -0.39 is 4.92 Å². The van der Waals surface area contributed by atoms with Crippen LogP contribution in [0.4, 0.5) is 11.5 Å². The minimum absolute atomic E-state index is 0.0434. The molecule has 1 N–H and O–H groups in total. The van der Waals surface area contributed by atoms with Gasteiger partial charge in [-0.1, -0.05) is 12.8 Å². The van der Waals surface area contributed by atoms with Gasteiger partial charge in [-0.3, -0.25) is 10.1 Å². The second-order valence-corrected chi connectivity index (χ2v) is 6.41. The Morgan fingerprint density at radius 2 is 2.10 bits per heavy atom. The van der Waals surface area contributed by atoms with Gasteiger partial charge in [-0.15, -0.1) is 0 Å². The number of aryl methyl sites for hydroxylation is 1. The van der Waals surface area contributed by atoms with Gasteiger partial charge in [-0.25, -0.2) is 4.98 Å². The van der Waals surface area contributed by atoms with Crippen LogP contribution in [-0.2, 0) is 0 Å². The average molecular weight is 292 g/mol. The number of rotatable bonds is 6. The molecule has 1 heterocycles. The van der Waals surface area contributed by atoms with Crippen LogP contribution >= 0.6 is 0 Å². The van der Waals surface area contributed by atoms with E-state index in [1.165, 1.54) is 31.9 Å². The summed E-state index contributed by atoms with van der Waals surface area (Å²) in [4.78, 5) is 16.8. The lowest BCUT2D eigenvalue weighted by Gasteiger charge is -2.32. The largest absolute Gasteiger partial charge is 0.369 e. The van der Waals surface area contributed by atoms with Crippen molar-refractivity contribution in [3.63, 3.8) is 0 Å². The van der Waals surface area contributed by atoms with E-state index in [0.717, 1.165) is 24.5 Å². The van der Waals surface area contributed by atoms with E-state index in [1.54, 1.807) is 6.07 Å². The van der Waals surface area contributed by atoms with Crippen LogP contribution in [0.15, 0.2) is 12.3 Å². The molecule has 0 aromatic carbocycles. The van der Waals surface area contributed by atoms with Crippen LogP contribution in [0.2, 0.25) is 0 Å².